The molecule has 17 heavy (non-hydrogen) atoms. The van der Waals surface area contributed by atoms with Gasteiger partial charge in [-0.25, -0.2) is 4.79 Å². The zero-order valence-corrected chi connectivity index (χ0v) is 10.5. The van der Waals surface area contributed by atoms with E-state index in [1.165, 1.54) is 0 Å². The van der Waals surface area contributed by atoms with Gasteiger partial charge >= 0.3 is 6.16 Å². The maximum absolute atomic E-state index is 10.6. The van der Waals surface area contributed by atoms with Crippen molar-refractivity contribution in [1.82, 2.24) is 0 Å². The molecule has 0 aromatic heterocycles. The highest BCUT2D eigenvalue weighted by Crippen LogP contribution is 2.42. The summed E-state index contributed by atoms with van der Waals surface area (Å²) in [6.07, 6.45) is -0.201. The summed E-state index contributed by atoms with van der Waals surface area (Å²) in [5.74, 6) is 1.38. The number of carbonyl (C=O) groups is 1. The van der Waals surface area contributed by atoms with Crippen molar-refractivity contribution in [1.29, 1.82) is 0 Å². The fraction of sp³-hybridized carbons (Fsp3) is 0.417. The monoisotopic (exact) mass is 254 g/mol. The predicted molar refractivity (Wildman–Crippen MR) is 64.9 cm³/mol. The van der Waals surface area contributed by atoms with Gasteiger partial charge in [-0.15, -0.1) is 11.8 Å². The Labute approximate surface area is 104 Å². The molecule has 5 heteroatoms. The quantitative estimate of drug-likeness (QED) is 0.648. The highest BCUT2D eigenvalue weighted by molar-refractivity contribution is 7.99. The lowest BCUT2D eigenvalue weighted by atomic mass is 10.0. The van der Waals surface area contributed by atoms with E-state index in [1.807, 2.05) is 13.0 Å². The third-order valence-electron chi connectivity index (χ3n) is 2.84. The van der Waals surface area contributed by atoms with Crippen LogP contribution in [0, 0.1) is 6.92 Å². The van der Waals surface area contributed by atoms with Gasteiger partial charge in [0.05, 0.1) is 6.10 Å². The van der Waals surface area contributed by atoms with Crippen LogP contribution >= 0.6 is 11.8 Å². The van der Waals surface area contributed by atoms with E-state index in [2.05, 4.69) is 0 Å². The van der Waals surface area contributed by atoms with Crippen LogP contribution in [0.1, 0.15) is 23.7 Å². The lowest BCUT2D eigenvalue weighted by Gasteiger charge is -2.25. The van der Waals surface area contributed by atoms with Crippen LogP contribution in [0.25, 0.3) is 0 Å². The van der Waals surface area contributed by atoms with Crippen molar-refractivity contribution >= 4 is 17.9 Å². The summed E-state index contributed by atoms with van der Waals surface area (Å²) in [5, 5.41) is 8.64. The third-order valence-corrected chi connectivity index (χ3v) is 4.11. The van der Waals surface area contributed by atoms with Crippen molar-refractivity contribution in [2.24, 2.45) is 0 Å². The van der Waals surface area contributed by atoms with Gasteiger partial charge in [0.2, 0.25) is 0 Å². The Morgan fingerprint density at radius 1 is 1.53 bits per heavy atom. The van der Waals surface area contributed by atoms with E-state index in [4.69, 9.17) is 14.6 Å². The zero-order chi connectivity index (χ0) is 12.4. The standard InChI is InChI=1S/C12H14O4S/c1-7-9(16-12(13)14)4-3-8-10(15-2)5-6-17-11(7)8/h3-4,10H,5-6H2,1-2H3,(H,13,14). The Morgan fingerprint density at radius 3 is 2.94 bits per heavy atom. The smallest absolute Gasteiger partial charge is 0.449 e. The van der Waals surface area contributed by atoms with Crippen LogP contribution in [0.3, 0.4) is 0 Å². The molecule has 1 aliphatic rings. The summed E-state index contributed by atoms with van der Waals surface area (Å²) in [6, 6.07) is 3.58. The van der Waals surface area contributed by atoms with Crippen molar-refractivity contribution in [2.45, 2.75) is 24.3 Å². The van der Waals surface area contributed by atoms with E-state index in [9.17, 15) is 4.79 Å². The zero-order valence-electron chi connectivity index (χ0n) is 9.73. The minimum absolute atomic E-state index is 0.101. The van der Waals surface area contributed by atoms with Crippen LogP contribution in [-0.4, -0.2) is 24.1 Å². The van der Waals surface area contributed by atoms with Gasteiger partial charge in [0.25, 0.3) is 0 Å². The number of rotatable bonds is 2. The molecule has 0 saturated heterocycles. The van der Waals surface area contributed by atoms with E-state index in [0.717, 1.165) is 28.2 Å². The van der Waals surface area contributed by atoms with Gasteiger partial charge in [-0.2, -0.15) is 0 Å². The summed E-state index contributed by atoms with van der Waals surface area (Å²) in [7, 11) is 1.70. The Balaban J connectivity index is 2.41. The lowest BCUT2D eigenvalue weighted by Crippen LogP contribution is -2.12. The Hall–Kier alpha value is -1.20. The minimum atomic E-state index is -1.28. The molecule has 1 N–H and O–H groups in total. The first-order valence-electron chi connectivity index (χ1n) is 5.33. The van der Waals surface area contributed by atoms with Crippen LogP contribution in [0.5, 0.6) is 5.75 Å². The number of thioether (sulfide) groups is 1. The first-order chi connectivity index (χ1) is 8.13. The second-order valence-electron chi connectivity index (χ2n) is 3.84. The van der Waals surface area contributed by atoms with Crippen LogP contribution in [-0.2, 0) is 4.74 Å². The molecule has 0 aliphatic carbocycles. The highest BCUT2D eigenvalue weighted by atomic mass is 32.2. The van der Waals surface area contributed by atoms with Crippen LogP contribution in [0.4, 0.5) is 4.79 Å². The first-order valence-corrected chi connectivity index (χ1v) is 6.32. The fourth-order valence-corrected chi connectivity index (χ4v) is 3.23. The largest absolute Gasteiger partial charge is 0.511 e. The van der Waals surface area contributed by atoms with E-state index in [1.54, 1.807) is 24.9 Å². The van der Waals surface area contributed by atoms with E-state index < -0.39 is 6.16 Å². The van der Waals surface area contributed by atoms with Crippen LogP contribution in [0.15, 0.2) is 17.0 Å². The number of hydrogen-bond donors (Lipinski definition) is 1. The molecular weight excluding hydrogens is 240 g/mol. The van der Waals surface area contributed by atoms with E-state index >= 15 is 0 Å². The molecule has 0 amide bonds. The average Bonchev–Trinajstić information content (AvgIpc) is 2.31. The molecule has 1 heterocycles. The SMILES string of the molecule is COC1CCSc2c1ccc(OC(=O)O)c2C. The molecule has 0 saturated carbocycles. The number of fused-ring (bicyclic) bond motifs is 1. The number of benzene rings is 1. The minimum Gasteiger partial charge on any atom is -0.449 e. The van der Waals surface area contributed by atoms with E-state index in [0.29, 0.717) is 5.75 Å². The molecule has 4 nitrogen and oxygen atoms in total. The molecule has 0 spiro atoms. The van der Waals surface area contributed by atoms with E-state index in [-0.39, 0.29) is 6.10 Å². The van der Waals surface area contributed by atoms with Crippen LogP contribution < -0.4 is 4.74 Å². The third kappa shape index (κ3) is 2.40. The van der Waals surface area contributed by atoms with Crippen LogP contribution in [0.2, 0.25) is 0 Å². The molecule has 2 rings (SSSR count). The van der Waals surface area contributed by atoms with Crippen molar-refractivity contribution < 1.29 is 19.4 Å². The van der Waals surface area contributed by atoms with Gasteiger partial charge in [-0.05, 0) is 25.0 Å². The van der Waals surface area contributed by atoms with Gasteiger partial charge in [0.1, 0.15) is 5.75 Å². The molecule has 0 fully saturated rings. The molecule has 1 aliphatic heterocycles. The molecule has 0 bridgehead atoms. The molecule has 0 radical (unpaired) electrons. The van der Waals surface area contributed by atoms with Gasteiger partial charge in [0.15, 0.2) is 0 Å². The summed E-state index contributed by atoms with van der Waals surface area (Å²) in [6.45, 7) is 1.88. The molecule has 1 unspecified atom stereocenters. The Bertz CT molecular complexity index is 444. The number of hydrogen-bond acceptors (Lipinski definition) is 4. The first kappa shape index (κ1) is 12.3. The van der Waals surface area contributed by atoms with Crippen molar-refractivity contribution in [3.8, 4) is 5.75 Å². The second-order valence-corrected chi connectivity index (χ2v) is 4.94. The summed E-state index contributed by atoms with van der Waals surface area (Å²) >= 11 is 1.72. The topological polar surface area (TPSA) is 55.8 Å². The number of carboxylic acid groups (broad SMARTS) is 1. The number of methoxy groups -OCH3 is 1. The van der Waals surface area contributed by atoms with Gasteiger partial charge in [-0.1, -0.05) is 6.07 Å². The molecule has 1 aromatic rings. The number of ether oxygens (including phenoxy) is 2. The molecule has 92 valence electrons. The Morgan fingerprint density at radius 2 is 2.29 bits per heavy atom. The maximum atomic E-state index is 10.6. The molecular formula is C12H14O4S. The summed E-state index contributed by atoms with van der Waals surface area (Å²) in [5.41, 5.74) is 2.00. The average molecular weight is 254 g/mol. The van der Waals surface area contributed by atoms with Crippen molar-refractivity contribution in [3.05, 3.63) is 23.3 Å². The van der Waals surface area contributed by atoms with Gasteiger partial charge < -0.3 is 14.6 Å². The Kier molecular flexibility index (Phi) is 3.59. The fourth-order valence-electron chi connectivity index (χ4n) is 2.01. The predicted octanol–water partition coefficient (Wildman–Crippen LogP) is 3.24. The summed E-state index contributed by atoms with van der Waals surface area (Å²) < 4.78 is 10.2. The normalized spacial score (nSPS) is 18.6. The summed E-state index contributed by atoms with van der Waals surface area (Å²) in [4.78, 5) is 11.6. The second kappa shape index (κ2) is 4.98. The lowest BCUT2D eigenvalue weighted by molar-refractivity contribution is 0.0972. The van der Waals surface area contributed by atoms with Gasteiger partial charge in [0, 0.05) is 23.3 Å². The van der Waals surface area contributed by atoms with Gasteiger partial charge in [-0.3, -0.25) is 0 Å². The molecule has 1 aromatic carbocycles. The van der Waals surface area contributed by atoms with Crippen molar-refractivity contribution in [3.63, 3.8) is 0 Å². The van der Waals surface area contributed by atoms with Crippen molar-refractivity contribution in [2.75, 3.05) is 12.9 Å². The highest BCUT2D eigenvalue weighted by Gasteiger charge is 2.23. The molecule has 1 atom stereocenters. The maximum Gasteiger partial charge on any atom is 0.511 e.